The molecule has 1 aliphatic rings. The molecule has 1 saturated heterocycles. The van der Waals surface area contributed by atoms with E-state index in [2.05, 4.69) is 42.7 Å². The number of thiophene rings is 1. The van der Waals surface area contributed by atoms with Crippen LogP contribution in [-0.4, -0.2) is 26.4 Å². The van der Waals surface area contributed by atoms with Crippen molar-refractivity contribution in [2.75, 3.05) is 17.6 Å². The molecular weight excluding hydrogens is 368 g/mol. The van der Waals surface area contributed by atoms with E-state index in [1.54, 1.807) is 11.3 Å². The number of nitrogens with two attached hydrogens (primary N) is 1. The van der Waals surface area contributed by atoms with Gasteiger partial charge in [-0.15, -0.1) is 11.3 Å². The van der Waals surface area contributed by atoms with Crippen molar-refractivity contribution in [1.29, 1.82) is 0 Å². The Balaban J connectivity index is 1.51. The summed E-state index contributed by atoms with van der Waals surface area (Å²) in [4.78, 5) is 16.9. The van der Waals surface area contributed by atoms with Gasteiger partial charge in [0.2, 0.25) is 11.9 Å². The smallest absolute Gasteiger partial charge is 0.232 e. The second-order valence-electron chi connectivity index (χ2n) is 6.21. The molecule has 3 heterocycles. The van der Waals surface area contributed by atoms with Gasteiger partial charge in [0.05, 0.1) is 6.54 Å². The maximum Gasteiger partial charge on any atom is 0.232 e. The van der Waals surface area contributed by atoms with E-state index < -0.39 is 0 Å². The Morgan fingerprint density at radius 3 is 2.81 bits per heavy atom. The molecule has 3 N–H and O–H groups in total. The molecule has 1 atom stereocenters. The number of benzene rings is 1. The van der Waals surface area contributed by atoms with Crippen molar-refractivity contribution in [2.45, 2.75) is 25.4 Å². The van der Waals surface area contributed by atoms with Gasteiger partial charge in [-0.3, -0.25) is 4.90 Å². The van der Waals surface area contributed by atoms with E-state index in [1.165, 1.54) is 11.3 Å². The number of anilines is 3. The van der Waals surface area contributed by atoms with Crippen LogP contribution in [0.2, 0.25) is 5.02 Å². The van der Waals surface area contributed by atoms with Crippen LogP contribution in [0.15, 0.2) is 41.8 Å². The SMILES string of the molecule is Nc1nc(CN2CCC[C@H]2c2cccs2)nc(Nc2ccc(Cl)cc2)n1. The Hall–Kier alpha value is -2.22. The molecule has 134 valence electrons. The third-order valence-corrected chi connectivity index (χ3v) is 5.60. The zero-order valence-electron chi connectivity index (χ0n) is 14.1. The highest BCUT2D eigenvalue weighted by Gasteiger charge is 2.27. The Bertz CT molecular complexity index is 868. The molecule has 0 radical (unpaired) electrons. The van der Waals surface area contributed by atoms with E-state index in [1.807, 2.05) is 24.3 Å². The van der Waals surface area contributed by atoms with Crippen LogP contribution in [0.25, 0.3) is 0 Å². The lowest BCUT2D eigenvalue weighted by Crippen LogP contribution is -2.24. The molecule has 26 heavy (non-hydrogen) atoms. The van der Waals surface area contributed by atoms with Gasteiger partial charge in [0.25, 0.3) is 0 Å². The van der Waals surface area contributed by atoms with Crippen LogP contribution >= 0.6 is 22.9 Å². The zero-order chi connectivity index (χ0) is 17.9. The van der Waals surface area contributed by atoms with Crippen LogP contribution in [0.1, 0.15) is 29.6 Å². The van der Waals surface area contributed by atoms with Gasteiger partial charge < -0.3 is 11.1 Å². The van der Waals surface area contributed by atoms with Gasteiger partial charge in [-0.25, -0.2) is 0 Å². The summed E-state index contributed by atoms with van der Waals surface area (Å²) in [7, 11) is 0. The number of rotatable bonds is 5. The maximum absolute atomic E-state index is 5.92. The summed E-state index contributed by atoms with van der Waals surface area (Å²) >= 11 is 7.72. The summed E-state index contributed by atoms with van der Waals surface area (Å²) in [6.45, 7) is 1.69. The predicted molar refractivity (Wildman–Crippen MR) is 106 cm³/mol. The highest BCUT2D eigenvalue weighted by molar-refractivity contribution is 7.10. The normalized spacial score (nSPS) is 17.5. The van der Waals surface area contributed by atoms with Crippen molar-refractivity contribution in [3.8, 4) is 0 Å². The molecule has 0 unspecified atom stereocenters. The molecule has 4 rings (SSSR count). The first-order valence-electron chi connectivity index (χ1n) is 8.48. The van der Waals surface area contributed by atoms with Gasteiger partial charge >= 0.3 is 0 Å². The lowest BCUT2D eigenvalue weighted by molar-refractivity contribution is 0.245. The lowest BCUT2D eigenvalue weighted by atomic mass is 10.2. The van der Waals surface area contributed by atoms with E-state index in [4.69, 9.17) is 17.3 Å². The Morgan fingerprint density at radius 2 is 2.04 bits per heavy atom. The first kappa shape index (κ1) is 17.2. The predicted octanol–water partition coefficient (Wildman–Crippen LogP) is 4.25. The molecule has 1 aliphatic heterocycles. The average Bonchev–Trinajstić information content (AvgIpc) is 3.27. The fourth-order valence-electron chi connectivity index (χ4n) is 3.23. The van der Waals surface area contributed by atoms with Crippen LogP contribution < -0.4 is 11.1 Å². The topological polar surface area (TPSA) is 80.0 Å². The maximum atomic E-state index is 5.92. The van der Waals surface area contributed by atoms with E-state index in [-0.39, 0.29) is 5.95 Å². The molecule has 0 saturated carbocycles. The molecule has 8 heteroatoms. The van der Waals surface area contributed by atoms with E-state index in [0.717, 1.165) is 18.7 Å². The molecule has 6 nitrogen and oxygen atoms in total. The third kappa shape index (κ3) is 3.95. The van der Waals surface area contributed by atoms with Crippen LogP contribution in [0.5, 0.6) is 0 Å². The fraction of sp³-hybridized carbons (Fsp3) is 0.278. The molecule has 1 fully saturated rings. The largest absolute Gasteiger partial charge is 0.368 e. The van der Waals surface area contributed by atoms with Crippen molar-refractivity contribution in [2.24, 2.45) is 0 Å². The Labute approximate surface area is 161 Å². The van der Waals surface area contributed by atoms with Crippen molar-refractivity contribution in [3.63, 3.8) is 0 Å². The Morgan fingerprint density at radius 1 is 1.19 bits per heavy atom. The van der Waals surface area contributed by atoms with Gasteiger partial charge in [0.1, 0.15) is 5.82 Å². The van der Waals surface area contributed by atoms with Crippen molar-refractivity contribution < 1.29 is 0 Å². The van der Waals surface area contributed by atoms with Crippen molar-refractivity contribution in [3.05, 3.63) is 57.5 Å². The lowest BCUT2D eigenvalue weighted by Gasteiger charge is -2.22. The highest BCUT2D eigenvalue weighted by Crippen LogP contribution is 2.35. The van der Waals surface area contributed by atoms with E-state index >= 15 is 0 Å². The number of nitrogen functional groups attached to an aromatic ring is 1. The van der Waals surface area contributed by atoms with Gasteiger partial charge in [0, 0.05) is 21.6 Å². The number of hydrogen-bond acceptors (Lipinski definition) is 7. The standard InChI is InChI=1S/C18H19ClN6S/c19-12-5-7-13(8-6-12)21-18-23-16(22-17(20)24-18)11-25-9-1-3-14(25)15-4-2-10-26-15/h2,4-8,10,14H,1,3,9,11H2,(H3,20,21,22,23,24)/t14-/m0/s1. The zero-order valence-corrected chi connectivity index (χ0v) is 15.7. The van der Waals surface area contributed by atoms with Gasteiger partial charge in [-0.2, -0.15) is 15.0 Å². The van der Waals surface area contributed by atoms with Crippen LogP contribution in [0, 0.1) is 0 Å². The Kier molecular flexibility index (Phi) is 5.01. The minimum atomic E-state index is 0.221. The molecular formula is C18H19ClN6S. The average molecular weight is 387 g/mol. The first-order chi connectivity index (χ1) is 12.7. The van der Waals surface area contributed by atoms with E-state index in [9.17, 15) is 0 Å². The van der Waals surface area contributed by atoms with Gasteiger partial charge in [-0.1, -0.05) is 17.7 Å². The summed E-state index contributed by atoms with van der Waals surface area (Å²) in [6, 6.07) is 12.1. The minimum Gasteiger partial charge on any atom is -0.368 e. The number of nitrogens with zero attached hydrogens (tertiary/aromatic N) is 4. The number of halogens is 1. The number of aromatic nitrogens is 3. The summed E-state index contributed by atoms with van der Waals surface area (Å²) < 4.78 is 0. The van der Waals surface area contributed by atoms with Gasteiger partial charge in [0.15, 0.2) is 0 Å². The number of likely N-dealkylation sites (tertiary alicyclic amines) is 1. The number of nitrogens with one attached hydrogen (secondary N) is 1. The van der Waals surface area contributed by atoms with Crippen LogP contribution in [0.3, 0.4) is 0 Å². The summed E-state index contributed by atoms with van der Waals surface area (Å²) in [6.07, 6.45) is 2.34. The minimum absolute atomic E-state index is 0.221. The highest BCUT2D eigenvalue weighted by atomic mass is 35.5. The summed E-state index contributed by atoms with van der Waals surface area (Å²) in [5.74, 6) is 1.34. The molecule has 0 spiro atoms. The molecule has 0 amide bonds. The number of hydrogen-bond donors (Lipinski definition) is 2. The van der Waals surface area contributed by atoms with Crippen LogP contribution in [-0.2, 0) is 6.54 Å². The molecule has 0 bridgehead atoms. The van der Waals surface area contributed by atoms with Gasteiger partial charge in [-0.05, 0) is 55.1 Å². The van der Waals surface area contributed by atoms with Crippen molar-refractivity contribution in [1.82, 2.24) is 19.9 Å². The monoisotopic (exact) mass is 386 g/mol. The first-order valence-corrected chi connectivity index (χ1v) is 9.73. The molecule has 3 aromatic rings. The second kappa shape index (κ2) is 7.57. The fourth-order valence-corrected chi connectivity index (χ4v) is 4.25. The quantitative estimate of drug-likeness (QED) is 0.682. The van der Waals surface area contributed by atoms with Crippen molar-refractivity contribution >= 4 is 40.5 Å². The molecule has 1 aromatic carbocycles. The molecule has 2 aromatic heterocycles. The van der Waals surface area contributed by atoms with E-state index in [0.29, 0.717) is 29.4 Å². The second-order valence-corrected chi connectivity index (χ2v) is 7.62. The summed E-state index contributed by atoms with van der Waals surface area (Å²) in [5, 5.41) is 5.97. The van der Waals surface area contributed by atoms with Crippen LogP contribution in [0.4, 0.5) is 17.6 Å². The molecule has 0 aliphatic carbocycles. The summed E-state index contributed by atoms with van der Waals surface area (Å²) in [5.41, 5.74) is 6.75. The third-order valence-electron chi connectivity index (χ3n) is 4.38.